The van der Waals surface area contributed by atoms with E-state index < -0.39 is 0 Å². The summed E-state index contributed by atoms with van der Waals surface area (Å²) in [5.41, 5.74) is 1.07. The molecule has 2 rings (SSSR count). The lowest BCUT2D eigenvalue weighted by Crippen LogP contribution is -2.02. The number of ether oxygens (including phenoxy) is 2. The van der Waals surface area contributed by atoms with Crippen LogP contribution in [0.2, 0.25) is 10.0 Å². The van der Waals surface area contributed by atoms with Crippen LogP contribution < -0.4 is 14.8 Å². The van der Waals surface area contributed by atoms with Crippen LogP contribution in [0.25, 0.3) is 0 Å². The standard InChI is InChI=1S/C15H16Cl2N2O2/c1-4-18-14-10(16)8-11(17)15(19-14)21-12-6-5-9(2)7-13(12)20-3/h5-8H,4H2,1-3H3,(H,18,19). The first kappa shape index (κ1) is 15.7. The molecule has 0 unspecified atom stereocenters. The van der Waals surface area contributed by atoms with Crippen molar-refractivity contribution in [2.75, 3.05) is 19.0 Å². The minimum absolute atomic E-state index is 0.277. The first-order valence-electron chi connectivity index (χ1n) is 6.47. The van der Waals surface area contributed by atoms with Gasteiger partial charge in [0, 0.05) is 6.54 Å². The van der Waals surface area contributed by atoms with Gasteiger partial charge in [-0.2, -0.15) is 4.98 Å². The van der Waals surface area contributed by atoms with Crippen molar-refractivity contribution in [3.8, 4) is 17.4 Å². The van der Waals surface area contributed by atoms with Gasteiger partial charge >= 0.3 is 0 Å². The summed E-state index contributed by atoms with van der Waals surface area (Å²) in [6.07, 6.45) is 0. The van der Waals surface area contributed by atoms with Crippen LogP contribution in [0.4, 0.5) is 5.82 Å². The smallest absolute Gasteiger partial charge is 0.240 e. The monoisotopic (exact) mass is 326 g/mol. The molecule has 1 heterocycles. The van der Waals surface area contributed by atoms with Crippen LogP contribution in [-0.4, -0.2) is 18.6 Å². The van der Waals surface area contributed by atoms with Crippen molar-refractivity contribution in [2.24, 2.45) is 0 Å². The molecule has 6 heteroatoms. The number of halogens is 2. The number of methoxy groups -OCH3 is 1. The summed E-state index contributed by atoms with van der Waals surface area (Å²) in [4.78, 5) is 4.30. The quantitative estimate of drug-likeness (QED) is 0.846. The van der Waals surface area contributed by atoms with Gasteiger partial charge in [0.25, 0.3) is 0 Å². The van der Waals surface area contributed by atoms with E-state index in [-0.39, 0.29) is 5.88 Å². The number of hydrogen-bond donors (Lipinski definition) is 1. The second-order valence-electron chi connectivity index (χ2n) is 4.39. The van der Waals surface area contributed by atoms with Gasteiger partial charge in [-0.05, 0) is 37.6 Å². The Balaban J connectivity index is 2.37. The molecule has 0 radical (unpaired) electrons. The maximum Gasteiger partial charge on any atom is 0.240 e. The summed E-state index contributed by atoms with van der Waals surface area (Å²) in [5, 5.41) is 3.84. The Morgan fingerprint density at radius 2 is 1.90 bits per heavy atom. The molecule has 0 spiro atoms. The number of nitrogens with one attached hydrogen (secondary N) is 1. The lowest BCUT2D eigenvalue weighted by Gasteiger charge is -2.13. The Hall–Kier alpha value is -1.65. The summed E-state index contributed by atoms with van der Waals surface area (Å²) in [5.74, 6) is 1.97. The Morgan fingerprint density at radius 3 is 2.57 bits per heavy atom. The molecule has 0 amide bonds. The molecule has 2 aromatic rings. The molecular formula is C15H16Cl2N2O2. The molecule has 4 nitrogen and oxygen atoms in total. The molecule has 0 saturated carbocycles. The average molecular weight is 327 g/mol. The lowest BCUT2D eigenvalue weighted by molar-refractivity contribution is 0.374. The van der Waals surface area contributed by atoms with Crippen LogP contribution in [-0.2, 0) is 0 Å². The summed E-state index contributed by atoms with van der Waals surface area (Å²) in [7, 11) is 1.59. The number of pyridine rings is 1. The van der Waals surface area contributed by atoms with Gasteiger partial charge in [0.15, 0.2) is 11.5 Å². The second kappa shape index (κ2) is 6.87. The van der Waals surface area contributed by atoms with Crippen molar-refractivity contribution in [1.29, 1.82) is 0 Å². The highest BCUT2D eigenvalue weighted by atomic mass is 35.5. The van der Waals surface area contributed by atoms with Crippen molar-refractivity contribution in [2.45, 2.75) is 13.8 Å². The number of benzene rings is 1. The van der Waals surface area contributed by atoms with Gasteiger partial charge < -0.3 is 14.8 Å². The Labute approximate surface area is 134 Å². The molecule has 0 bridgehead atoms. The maximum absolute atomic E-state index is 6.14. The van der Waals surface area contributed by atoms with Crippen LogP contribution in [0.3, 0.4) is 0 Å². The van der Waals surface area contributed by atoms with E-state index in [9.17, 15) is 0 Å². The molecule has 0 saturated heterocycles. The van der Waals surface area contributed by atoms with Crippen molar-refractivity contribution >= 4 is 29.0 Å². The minimum Gasteiger partial charge on any atom is -0.493 e. The van der Waals surface area contributed by atoms with E-state index in [1.54, 1.807) is 13.2 Å². The van der Waals surface area contributed by atoms with Crippen molar-refractivity contribution in [1.82, 2.24) is 4.98 Å². The maximum atomic E-state index is 6.14. The highest BCUT2D eigenvalue weighted by molar-refractivity contribution is 6.36. The third-order valence-electron chi connectivity index (χ3n) is 2.77. The van der Waals surface area contributed by atoms with Gasteiger partial charge in [-0.1, -0.05) is 29.3 Å². The van der Waals surface area contributed by atoms with Crippen LogP contribution in [0.5, 0.6) is 17.4 Å². The van der Waals surface area contributed by atoms with Gasteiger partial charge in [-0.25, -0.2) is 0 Å². The van der Waals surface area contributed by atoms with Gasteiger partial charge in [0.05, 0.1) is 12.1 Å². The third-order valence-corrected chi connectivity index (χ3v) is 3.33. The van der Waals surface area contributed by atoms with Crippen LogP contribution in [0.1, 0.15) is 12.5 Å². The number of rotatable bonds is 5. The zero-order chi connectivity index (χ0) is 15.4. The highest BCUT2D eigenvalue weighted by Gasteiger charge is 2.13. The lowest BCUT2D eigenvalue weighted by atomic mass is 10.2. The predicted octanol–water partition coefficient (Wildman–Crippen LogP) is 4.93. The van der Waals surface area contributed by atoms with Crippen LogP contribution >= 0.6 is 23.2 Å². The first-order chi connectivity index (χ1) is 10.0. The molecule has 1 aromatic carbocycles. The minimum atomic E-state index is 0.277. The van der Waals surface area contributed by atoms with Gasteiger partial charge in [0.1, 0.15) is 10.8 Å². The highest BCUT2D eigenvalue weighted by Crippen LogP contribution is 2.37. The number of aryl methyl sites for hydroxylation is 1. The van der Waals surface area contributed by atoms with Crippen LogP contribution in [0.15, 0.2) is 24.3 Å². The zero-order valence-electron chi connectivity index (χ0n) is 12.0. The number of hydrogen-bond acceptors (Lipinski definition) is 4. The Morgan fingerprint density at radius 1 is 1.14 bits per heavy atom. The van der Waals surface area contributed by atoms with Crippen molar-refractivity contribution in [3.63, 3.8) is 0 Å². The van der Waals surface area contributed by atoms with Gasteiger partial charge in [-0.15, -0.1) is 0 Å². The largest absolute Gasteiger partial charge is 0.493 e. The van der Waals surface area contributed by atoms with Crippen LogP contribution in [0, 0.1) is 6.92 Å². The topological polar surface area (TPSA) is 43.4 Å². The zero-order valence-corrected chi connectivity index (χ0v) is 13.5. The summed E-state index contributed by atoms with van der Waals surface area (Å²) >= 11 is 12.2. The van der Waals surface area contributed by atoms with E-state index in [1.807, 2.05) is 32.0 Å². The number of aromatic nitrogens is 1. The fraction of sp³-hybridized carbons (Fsp3) is 0.267. The molecule has 0 atom stereocenters. The van der Waals surface area contributed by atoms with E-state index in [4.69, 9.17) is 32.7 Å². The molecule has 0 aliphatic carbocycles. The van der Waals surface area contributed by atoms with E-state index >= 15 is 0 Å². The predicted molar refractivity (Wildman–Crippen MR) is 86.2 cm³/mol. The first-order valence-corrected chi connectivity index (χ1v) is 7.23. The van der Waals surface area contributed by atoms with E-state index in [0.717, 1.165) is 5.56 Å². The summed E-state index contributed by atoms with van der Waals surface area (Å²) < 4.78 is 11.1. The SMILES string of the molecule is CCNc1nc(Oc2ccc(C)cc2OC)c(Cl)cc1Cl. The summed E-state index contributed by atoms with van der Waals surface area (Å²) in [6, 6.07) is 7.22. The molecule has 1 N–H and O–H groups in total. The fourth-order valence-electron chi connectivity index (χ4n) is 1.78. The van der Waals surface area contributed by atoms with E-state index in [2.05, 4.69) is 10.3 Å². The van der Waals surface area contributed by atoms with Gasteiger partial charge in [0.2, 0.25) is 5.88 Å². The van der Waals surface area contributed by atoms with Crippen molar-refractivity contribution < 1.29 is 9.47 Å². The molecular weight excluding hydrogens is 311 g/mol. The molecule has 1 aromatic heterocycles. The number of anilines is 1. The average Bonchev–Trinajstić information content (AvgIpc) is 2.45. The Kier molecular flexibility index (Phi) is 5.15. The fourth-order valence-corrected chi connectivity index (χ4v) is 2.24. The Bertz CT molecular complexity index is 648. The van der Waals surface area contributed by atoms with E-state index in [1.165, 1.54) is 0 Å². The van der Waals surface area contributed by atoms with Crippen molar-refractivity contribution in [3.05, 3.63) is 39.9 Å². The molecule has 0 aliphatic heterocycles. The molecule has 112 valence electrons. The molecule has 0 fully saturated rings. The van der Waals surface area contributed by atoms with E-state index in [0.29, 0.717) is 33.9 Å². The second-order valence-corrected chi connectivity index (χ2v) is 5.21. The summed E-state index contributed by atoms with van der Waals surface area (Å²) in [6.45, 7) is 4.63. The normalized spacial score (nSPS) is 10.3. The van der Waals surface area contributed by atoms with Gasteiger partial charge in [-0.3, -0.25) is 0 Å². The third kappa shape index (κ3) is 3.71. The number of nitrogens with zero attached hydrogens (tertiary/aromatic N) is 1. The molecule has 0 aliphatic rings. The molecule has 21 heavy (non-hydrogen) atoms.